The Morgan fingerprint density at radius 1 is 1.05 bits per heavy atom. The van der Waals surface area contributed by atoms with Crippen molar-refractivity contribution in [3.8, 4) is 0 Å². The molecule has 2 aromatic rings. The summed E-state index contributed by atoms with van der Waals surface area (Å²) in [6.45, 7) is 6.36. The quantitative estimate of drug-likeness (QED) is 0.876. The topological polar surface area (TPSA) is 49.8 Å². The van der Waals surface area contributed by atoms with Gasteiger partial charge in [-0.05, 0) is 24.5 Å². The van der Waals surface area contributed by atoms with Gasteiger partial charge >= 0.3 is 0 Å². The molecule has 0 saturated heterocycles. The van der Waals surface area contributed by atoms with Crippen molar-refractivity contribution in [1.29, 1.82) is 0 Å². The zero-order chi connectivity index (χ0) is 13.8. The largest absolute Gasteiger partial charge is 0.373 e. The number of nitrogens with zero attached hydrogens (tertiary/aromatic N) is 2. The Bertz CT molecular complexity index is 564. The van der Waals surface area contributed by atoms with Crippen LogP contribution in [0.15, 0.2) is 30.6 Å². The summed E-state index contributed by atoms with van der Waals surface area (Å²) < 4.78 is 0. The van der Waals surface area contributed by atoms with Crippen LogP contribution in [0.1, 0.15) is 30.9 Å². The van der Waals surface area contributed by atoms with E-state index in [0.717, 1.165) is 22.9 Å². The minimum absolute atomic E-state index is 0.343. The lowest BCUT2D eigenvalue weighted by Gasteiger charge is -2.17. The Morgan fingerprint density at radius 3 is 2.37 bits per heavy atom. The van der Waals surface area contributed by atoms with Crippen LogP contribution in [0.25, 0.3) is 0 Å². The highest BCUT2D eigenvalue weighted by Gasteiger charge is 2.14. The van der Waals surface area contributed by atoms with Crippen LogP contribution >= 0.6 is 0 Å². The minimum Gasteiger partial charge on any atom is -0.373 e. The fourth-order valence-electron chi connectivity index (χ4n) is 2.08. The van der Waals surface area contributed by atoms with Gasteiger partial charge in [-0.15, -0.1) is 0 Å². The van der Waals surface area contributed by atoms with E-state index in [4.69, 9.17) is 0 Å². The maximum atomic E-state index is 4.38. The SMILES string of the molecule is CNc1ncnc(Nc2ccccc2C)c1C(C)C. The number of hydrogen-bond donors (Lipinski definition) is 2. The predicted molar refractivity (Wildman–Crippen MR) is 80.1 cm³/mol. The summed E-state index contributed by atoms with van der Waals surface area (Å²) in [7, 11) is 1.88. The molecule has 1 aromatic heterocycles. The van der Waals surface area contributed by atoms with E-state index in [-0.39, 0.29) is 0 Å². The van der Waals surface area contributed by atoms with Crippen molar-refractivity contribution in [3.05, 3.63) is 41.7 Å². The van der Waals surface area contributed by atoms with Gasteiger partial charge in [0.1, 0.15) is 18.0 Å². The van der Waals surface area contributed by atoms with Crippen LogP contribution in [0.3, 0.4) is 0 Å². The van der Waals surface area contributed by atoms with E-state index in [9.17, 15) is 0 Å². The van der Waals surface area contributed by atoms with Crippen molar-refractivity contribution in [3.63, 3.8) is 0 Å². The summed E-state index contributed by atoms with van der Waals surface area (Å²) in [6.07, 6.45) is 1.58. The van der Waals surface area contributed by atoms with E-state index in [2.05, 4.69) is 53.5 Å². The number of aromatic nitrogens is 2. The number of hydrogen-bond acceptors (Lipinski definition) is 4. The Hall–Kier alpha value is -2.10. The van der Waals surface area contributed by atoms with Gasteiger partial charge in [-0.3, -0.25) is 0 Å². The Balaban J connectivity index is 2.43. The van der Waals surface area contributed by atoms with Crippen LogP contribution < -0.4 is 10.6 Å². The van der Waals surface area contributed by atoms with Gasteiger partial charge in [-0.25, -0.2) is 9.97 Å². The van der Waals surface area contributed by atoms with Gasteiger partial charge in [-0.1, -0.05) is 32.0 Å². The summed E-state index contributed by atoms with van der Waals surface area (Å²) in [5, 5.41) is 6.53. The first-order valence-corrected chi connectivity index (χ1v) is 6.48. The molecule has 19 heavy (non-hydrogen) atoms. The van der Waals surface area contributed by atoms with Crippen LogP contribution in [-0.4, -0.2) is 17.0 Å². The predicted octanol–water partition coefficient (Wildman–Crippen LogP) is 3.69. The zero-order valence-corrected chi connectivity index (χ0v) is 11.9. The average Bonchev–Trinajstić information content (AvgIpc) is 2.40. The summed E-state index contributed by atoms with van der Waals surface area (Å²) in [5.74, 6) is 2.08. The van der Waals surface area contributed by atoms with Crippen LogP contribution in [0.2, 0.25) is 0 Å². The van der Waals surface area contributed by atoms with Crippen LogP contribution in [-0.2, 0) is 0 Å². The number of aryl methyl sites for hydroxylation is 1. The number of rotatable bonds is 4. The maximum absolute atomic E-state index is 4.38. The van der Waals surface area contributed by atoms with Crippen molar-refractivity contribution in [1.82, 2.24) is 9.97 Å². The second-order valence-corrected chi connectivity index (χ2v) is 4.83. The van der Waals surface area contributed by atoms with Crippen molar-refractivity contribution in [2.24, 2.45) is 0 Å². The molecule has 0 atom stereocenters. The molecular weight excluding hydrogens is 236 g/mol. The number of para-hydroxylation sites is 1. The molecule has 0 saturated carbocycles. The van der Waals surface area contributed by atoms with Gasteiger partial charge in [0.2, 0.25) is 0 Å². The molecule has 0 aliphatic heterocycles. The van der Waals surface area contributed by atoms with Crippen molar-refractivity contribution in [2.45, 2.75) is 26.7 Å². The second-order valence-electron chi connectivity index (χ2n) is 4.83. The molecule has 2 rings (SSSR count). The highest BCUT2D eigenvalue weighted by atomic mass is 15.1. The third-order valence-corrected chi connectivity index (χ3v) is 3.10. The number of nitrogens with one attached hydrogen (secondary N) is 2. The van der Waals surface area contributed by atoms with E-state index in [1.807, 2.05) is 19.2 Å². The third kappa shape index (κ3) is 2.84. The molecule has 4 nitrogen and oxygen atoms in total. The standard InChI is InChI=1S/C15H20N4/c1-10(2)13-14(16-4)17-9-18-15(13)19-12-8-6-5-7-11(12)3/h5-10H,1-4H3,(H2,16,17,18,19). The molecule has 0 unspecified atom stereocenters. The zero-order valence-electron chi connectivity index (χ0n) is 11.9. The normalized spacial score (nSPS) is 10.6. The van der Waals surface area contributed by atoms with Crippen LogP contribution in [0.4, 0.5) is 17.3 Å². The number of anilines is 3. The minimum atomic E-state index is 0.343. The van der Waals surface area contributed by atoms with Crippen LogP contribution in [0, 0.1) is 6.92 Å². The number of benzene rings is 1. The first-order chi connectivity index (χ1) is 9.13. The molecule has 1 aromatic carbocycles. The lowest BCUT2D eigenvalue weighted by Crippen LogP contribution is -2.07. The Kier molecular flexibility index (Phi) is 4.00. The van der Waals surface area contributed by atoms with E-state index in [1.54, 1.807) is 6.33 Å². The molecule has 0 bridgehead atoms. The summed E-state index contributed by atoms with van der Waals surface area (Å²) in [4.78, 5) is 8.66. The van der Waals surface area contributed by atoms with E-state index in [0.29, 0.717) is 5.92 Å². The van der Waals surface area contributed by atoms with Gasteiger partial charge in [-0.2, -0.15) is 0 Å². The van der Waals surface area contributed by atoms with Crippen molar-refractivity contribution in [2.75, 3.05) is 17.7 Å². The molecule has 0 amide bonds. The lowest BCUT2D eigenvalue weighted by atomic mass is 10.0. The molecule has 2 N–H and O–H groups in total. The first-order valence-electron chi connectivity index (χ1n) is 6.48. The summed E-state index contributed by atoms with van der Waals surface area (Å²) in [5.41, 5.74) is 3.38. The first kappa shape index (κ1) is 13.3. The average molecular weight is 256 g/mol. The van der Waals surface area contributed by atoms with Crippen molar-refractivity contribution < 1.29 is 0 Å². The molecule has 4 heteroatoms. The van der Waals surface area contributed by atoms with Crippen molar-refractivity contribution >= 4 is 17.3 Å². The van der Waals surface area contributed by atoms with Gasteiger partial charge in [0.05, 0.1) is 0 Å². The Morgan fingerprint density at radius 2 is 1.74 bits per heavy atom. The molecule has 0 spiro atoms. The lowest BCUT2D eigenvalue weighted by molar-refractivity contribution is 0.852. The molecule has 100 valence electrons. The maximum Gasteiger partial charge on any atom is 0.139 e. The fourth-order valence-corrected chi connectivity index (χ4v) is 2.08. The molecule has 0 aliphatic carbocycles. The molecule has 0 aliphatic rings. The fraction of sp³-hybridized carbons (Fsp3) is 0.333. The van der Waals surface area contributed by atoms with Crippen LogP contribution in [0.5, 0.6) is 0 Å². The smallest absolute Gasteiger partial charge is 0.139 e. The van der Waals surface area contributed by atoms with E-state index in [1.165, 1.54) is 5.56 Å². The van der Waals surface area contributed by atoms with E-state index < -0.39 is 0 Å². The third-order valence-electron chi connectivity index (χ3n) is 3.10. The molecular formula is C15H20N4. The Labute approximate surface area is 114 Å². The van der Waals surface area contributed by atoms with E-state index >= 15 is 0 Å². The molecule has 0 radical (unpaired) electrons. The highest BCUT2D eigenvalue weighted by molar-refractivity contribution is 5.67. The summed E-state index contributed by atoms with van der Waals surface area (Å²) in [6, 6.07) is 8.19. The highest BCUT2D eigenvalue weighted by Crippen LogP contribution is 2.30. The summed E-state index contributed by atoms with van der Waals surface area (Å²) >= 11 is 0. The monoisotopic (exact) mass is 256 g/mol. The second kappa shape index (κ2) is 5.69. The van der Waals surface area contributed by atoms with Gasteiger partial charge in [0.15, 0.2) is 0 Å². The van der Waals surface area contributed by atoms with Gasteiger partial charge in [0, 0.05) is 18.3 Å². The van der Waals surface area contributed by atoms with Gasteiger partial charge < -0.3 is 10.6 Å². The molecule has 1 heterocycles. The molecule has 0 fully saturated rings. The van der Waals surface area contributed by atoms with Gasteiger partial charge in [0.25, 0.3) is 0 Å².